The molecular formula is C12H11Br2N3O. The van der Waals surface area contributed by atoms with E-state index in [1.807, 2.05) is 19.1 Å². The van der Waals surface area contributed by atoms with E-state index >= 15 is 0 Å². The molecule has 0 atom stereocenters. The lowest BCUT2D eigenvalue weighted by molar-refractivity contribution is 0.102. The van der Waals surface area contributed by atoms with E-state index < -0.39 is 0 Å². The number of rotatable bonds is 2. The first-order valence-electron chi connectivity index (χ1n) is 5.24. The number of halogens is 2. The van der Waals surface area contributed by atoms with E-state index in [0.717, 1.165) is 14.6 Å². The van der Waals surface area contributed by atoms with E-state index in [1.54, 1.807) is 23.9 Å². The van der Waals surface area contributed by atoms with Crippen LogP contribution < -0.4 is 5.32 Å². The molecule has 0 bridgehead atoms. The van der Waals surface area contributed by atoms with Crippen LogP contribution >= 0.6 is 31.9 Å². The minimum absolute atomic E-state index is 0.167. The fraction of sp³-hybridized carbons (Fsp3) is 0.167. The SMILES string of the molecule is Cc1cc(NC(=O)c2cc(Br)cc(Br)c2)n(C)n1. The van der Waals surface area contributed by atoms with Crippen molar-refractivity contribution in [1.29, 1.82) is 0 Å². The molecule has 1 amide bonds. The highest BCUT2D eigenvalue weighted by molar-refractivity contribution is 9.11. The molecule has 0 saturated heterocycles. The van der Waals surface area contributed by atoms with E-state index in [-0.39, 0.29) is 5.91 Å². The summed E-state index contributed by atoms with van der Waals surface area (Å²) in [5.41, 5.74) is 1.44. The first-order chi connectivity index (χ1) is 8.45. The average molecular weight is 373 g/mol. The Labute approximate surface area is 122 Å². The largest absolute Gasteiger partial charge is 0.307 e. The first kappa shape index (κ1) is 13.3. The van der Waals surface area contributed by atoms with Gasteiger partial charge in [-0.3, -0.25) is 9.48 Å². The summed E-state index contributed by atoms with van der Waals surface area (Å²) < 4.78 is 3.34. The zero-order chi connectivity index (χ0) is 13.3. The molecule has 0 radical (unpaired) electrons. The Balaban J connectivity index is 2.24. The average Bonchev–Trinajstić information content (AvgIpc) is 2.56. The second-order valence-electron chi connectivity index (χ2n) is 3.91. The molecule has 1 N–H and O–H groups in total. The van der Waals surface area contributed by atoms with Gasteiger partial charge >= 0.3 is 0 Å². The quantitative estimate of drug-likeness (QED) is 0.876. The van der Waals surface area contributed by atoms with Crippen LogP contribution in [0.15, 0.2) is 33.2 Å². The second-order valence-corrected chi connectivity index (χ2v) is 5.74. The van der Waals surface area contributed by atoms with Gasteiger partial charge in [0.25, 0.3) is 5.91 Å². The zero-order valence-electron chi connectivity index (χ0n) is 9.87. The fourth-order valence-corrected chi connectivity index (χ4v) is 2.89. The van der Waals surface area contributed by atoms with Gasteiger partial charge in [-0.2, -0.15) is 5.10 Å². The van der Waals surface area contributed by atoms with Gasteiger partial charge in [0.2, 0.25) is 0 Å². The number of carbonyl (C=O) groups is 1. The van der Waals surface area contributed by atoms with Gasteiger partial charge in [-0.05, 0) is 25.1 Å². The van der Waals surface area contributed by atoms with Crippen molar-refractivity contribution in [1.82, 2.24) is 9.78 Å². The van der Waals surface area contributed by atoms with E-state index in [1.165, 1.54) is 0 Å². The van der Waals surface area contributed by atoms with Crippen LogP contribution in [0, 0.1) is 6.92 Å². The lowest BCUT2D eigenvalue weighted by Crippen LogP contribution is -2.14. The molecule has 0 aliphatic heterocycles. The Kier molecular flexibility index (Phi) is 3.87. The molecule has 2 aromatic rings. The number of nitrogens with zero attached hydrogens (tertiary/aromatic N) is 2. The molecule has 6 heteroatoms. The molecule has 1 aromatic carbocycles. The predicted molar refractivity (Wildman–Crippen MR) is 77.7 cm³/mol. The summed E-state index contributed by atoms with van der Waals surface area (Å²) in [5, 5.41) is 7.00. The van der Waals surface area contributed by atoms with Gasteiger partial charge < -0.3 is 5.32 Å². The molecular weight excluding hydrogens is 362 g/mol. The molecule has 1 aromatic heterocycles. The fourth-order valence-electron chi connectivity index (χ4n) is 1.60. The van der Waals surface area contributed by atoms with Crippen molar-refractivity contribution in [2.45, 2.75) is 6.92 Å². The van der Waals surface area contributed by atoms with Gasteiger partial charge in [0.15, 0.2) is 0 Å². The van der Waals surface area contributed by atoms with Crippen molar-refractivity contribution in [3.63, 3.8) is 0 Å². The van der Waals surface area contributed by atoms with Crippen molar-refractivity contribution in [3.05, 3.63) is 44.5 Å². The minimum Gasteiger partial charge on any atom is -0.307 e. The van der Waals surface area contributed by atoms with Crippen LogP contribution in [0.3, 0.4) is 0 Å². The Morgan fingerprint density at radius 1 is 1.22 bits per heavy atom. The number of benzene rings is 1. The van der Waals surface area contributed by atoms with Crippen molar-refractivity contribution in [3.8, 4) is 0 Å². The van der Waals surface area contributed by atoms with Crippen LogP contribution in [0.5, 0.6) is 0 Å². The summed E-state index contributed by atoms with van der Waals surface area (Å²) in [6, 6.07) is 7.24. The van der Waals surface area contributed by atoms with Crippen LogP contribution in [0.1, 0.15) is 16.1 Å². The Hall–Kier alpha value is -1.14. The van der Waals surface area contributed by atoms with Gasteiger partial charge in [0.1, 0.15) is 5.82 Å². The van der Waals surface area contributed by atoms with Gasteiger partial charge in [0.05, 0.1) is 5.69 Å². The zero-order valence-corrected chi connectivity index (χ0v) is 13.0. The van der Waals surface area contributed by atoms with E-state index in [0.29, 0.717) is 11.4 Å². The van der Waals surface area contributed by atoms with E-state index in [4.69, 9.17) is 0 Å². The van der Waals surface area contributed by atoms with Crippen molar-refractivity contribution >= 4 is 43.6 Å². The number of amides is 1. The third-order valence-corrected chi connectivity index (χ3v) is 3.28. The van der Waals surface area contributed by atoms with Crippen LogP contribution in [0.4, 0.5) is 5.82 Å². The van der Waals surface area contributed by atoms with Crippen molar-refractivity contribution < 1.29 is 4.79 Å². The molecule has 0 saturated carbocycles. The summed E-state index contributed by atoms with van der Waals surface area (Å²) in [6.07, 6.45) is 0. The van der Waals surface area contributed by atoms with Crippen LogP contribution in [-0.2, 0) is 7.05 Å². The monoisotopic (exact) mass is 371 g/mol. The highest BCUT2D eigenvalue weighted by atomic mass is 79.9. The van der Waals surface area contributed by atoms with Crippen LogP contribution in [-0.4, -0.2) is 15.7 Å². The number of carbonyl (C=O) groups excluding carboxylic acids is 1. The molecule has 0 spiro atoms. The minimum atomic E-state index is -0.167. The number of hydrogen-bond acceptors (Lipinski definition) is 2. The van der Waals surface area contributed by atoms with Gasteiger partial charge in [-0.25, -0.2) is 0 Å². The summed E-state index contributed by atoms with van der Waals surface area (Å²) in [4.78, 5) is 12.1. The van der Waals surface area contributed by atoms with Gasteiger partial charge in [-0.1, -0.05) is 31.9 Å². The lowest BCUT2D eigenvalue weighted by atomic mass is 10.2. The normalized spacial score (nSPS) is 10.4. The molecule has 0 aliphatic carbocycles. The molecule has 1 heterocycles. The summed E-state index contributed by atoms with van der Waals surface area (Å²) >= 11 is 6.72. The lowest BCUT2D eigenvalue weighted by Gasteiger charge is -2.06. The maximum Gasteiger partial charge on any atom is 0.256 e. The third kappa shape index (κ3) is 3.00. The first-order valence-corrected chi connectivity index (χ1v) is 6.82. The van der Waals surface area contributed by atoms with E-state index in [9.17, 15) is 4.79 Å². The maximum atomic E-state index is 12.1. The number of anilines is 1. The van der Waals surface area contributed by atoms with Crippen LogP contribution in [0.25, 0.3) is 0 Å². The molecule has 4 nitrogen and oxygen atoms in total. The second kappa shape index (κ2) is 5.24. The van der Waals surface area contributed by atoms with Gasteiger partial charge in [0, 0.05) is 27.6 Å². The summed E-state index contributed by atoms with van der Waals surface area (Å²) in [7, 11) is 1.79. The Morgan fingerprint density at radius 2 is 1.83 bits per heavy atom. The molecule has 18 heavy (non-hydrogen) atoms. The topological polar surface area (TPSA) is 46.9 Å². The third-order valence-electron chi connectivity index (χ3n) is 2.37. The maximum absolute atomic E-state index is 12.1. The standard InChI is InChI=1S/C12H11Br2N3O/c1-7-3-11(17(2)16-7)15-12(18)8-4-9(13)6-10(14)5-8/h3-6H,1-2H3,(H,15,18). The summed E-state index contributed by atoms with van der Waals surface area (Å²) in [6.45, 7) is 1.88. The molecule has 0 aliphatic rings. The van der Waals surface area contributed by atoms with Crippen molar-refractivity contribution in [2.75, 3.05) is 5.32 Å². The number of nitrogens with one attached hydrogen (secondary N) is 1. The molecule has 0 fully saturated rings. The Bertz CT molecular complexity index is 587. The highest BCUT2D eigenvalue weighted by Gasteiger charge is 2.10. The predicted octanol–water partition coefficient (Wildman–Crippen LogP) is 3.51. The van der Waals surface area contributed by atoms with E-state index in [2.05, 4.69) is 42.3 Å². The Morgan fingerprint density at radius 3 is 2.33 bits per heavy atom. The van der Waals surface area contributed by atoms with Gasteiger partial charge in [-0.15, -0.1) is 0 Å². The molecule has 0 unspecified atom stereocenters. The summed E-state index contributed by atoms with van der Waals surface area (Å²) in [5.74, 6) is 0.508. The highest BCUT2D eigenvalue weighted by Crippen LogP contribution is 2.21. The van der Waals surface area contributed by atoms with Crippen molar-refractivity contribution in [2.24, 2.45) is 7.05 Å². The number of hydrogen-bond donors (Lipinski definition) is 1. The molecule has 2 rings (SSSR count). The van der Waals surface area contributed by atoms with Crippen LogP contribution in [0.2, 0.25) is 0 Å². The number of aromatic nitrogens is 2. The number of aryl methyl sites for hydroxylation is 2. The smallest absolute Gasteiger partial charge is 0.256 e. The molecule has 94 valence electrons.